The standard InChI is InChI=1S/C23H22ClN7O4/c1-34-22-13-16(15-25-11-12-26-20-9-8-18(31(32)33)14-19(20)24)7-10-21(22)35-23-27-28-29-30(23)17-5-3-2-4-6-17/h2-10,13-14,25-26H,11-12,15H2,1H3. The van der Waals surface area contributed by atoms with E-state index >= 15 is 0 Å². The summed E-state index contributed by atoms with van der Waals surface area (Å²) in [5, 5.41) is 29.2. The maximum Gasteiger partial charge on any atom is 0.346 e. The summed E-state index contributed by atoms with van der Waals surface area (Å²) >= 11 is 6.10. The Morgan fingerprint density at radius 1 is 1.06 bits per heavy atom. The molecule has 0 atom stereocenters. The number of aromatic nitrogens is 4. The maximum absolute atomic E-state index is 10.8. The molecule has 0 aliphatic heterocycles. The van der Waals surface area contributed by atoms with Gasteiger partial charge in [0.15, 0.2) is 11.5 Å². The van der Waals surface area contributed by atoms with Crippen LogP contribution in [0.25, 0.3) is 5.69 Å². The van der Waals surface area contributed by atoms with Crippen molar-refractivity contribution in [2.75, 3.05) is 25.5 Å². The molecule has 180 valence electrons. The number of halogens is 1. The molecule has 0 fully saturated rings. The summed E-state index contributed by atoms with van der Waals surface area (Å²) < 4.78 is 12.9. The van der Waals surface area contributed by atoms with E-state index in [1.165, 1.54) is 16.8 Å². The van der Waals surface area contributed by atoms with Gasteiger partial charge in [-0.25, -0.2) is 0 Å². The average molecular weight is 496 g/mol. The third kappa shape index (κ3) is 6.02. The van der Waals surface area contributed by atoms with Crippen LogP contribution < -0.4 is 20.1 Å². The molecule has 3 aromatic carbocycles. The number of benzene rings is 3. The first-order valence-corrected chi connectivity index (χ1v) is 11.0. The fourth-order valence-electron chi connectivity index (χ4n) is 3.26. The summed E-state index contributed by atoms with van der Waals surface area (Å²) in [5.74, 6) is 1.03. The van der Waals surface area contributed by atoms with Gasteiger partial charge in [0.1, 0.15) is 0 Å². The fourth-order valence-corrected chi connectivity index (χ4v) is 3.50. The first kappa shape index (κ1) is 23.9. The molecule has 0 aliphatic rings. The highest BCUT2D eigenvalue weighted by atomic mass is 35.5. The molecule has 1 aromatic heterocycles. The zero-order valence-electron chi connectivity index (χ0n) is 18.7. The molecule has 0 bridgehead atoms. The normalized spacial score (nSPS) is 10.7. The van der Waals surface area contributed by atoms with Crippen LogP contribution in [0.4, 0.5) is 11.4 Å². The minimum Gasteiger partial charge on any atom is -0.493 e. The average Bonchev–Trinajstić information content (AvgIpc) is 3.34. The molecule has 0 spiro atoms. The zero-order chi connectivity index (χ0) is 24.6. The van der Waals surface area contributed by atoms with Crippen molar-refractivity contribution in [3.05, 3.63) is 87.4 Å². The van der Waals surface area contributed by atoms with Crippen LogP contribution >= 0.6 is 11.6 Å². The molecule has 4 aromatic rings. The number of nitro groups is 1. The lowest BCUT2D eigenvalue weighted by molar-refractivity contribution is -0.384. The van der Waals surface area contributed by atoms with Crippen molar-refractivity contribution >= 4 is 23.0 Å². The molecular formula is C23H22ClN7O4. The van der Waals surface area contributed by atoms with Crippen LogP contribution in [0.2, 0.25) is 5.02 Å². The molecule has 0 amide bonds. The number of hydrogen-bond donors (Lipinski definition) is 2. The van der Waals surface area contributed by atoms with Gasteiger partial charge in [0.2, 0.25) is 0 Å². The van der Waals surface area contributed by atoms with Gasteiger partial charge in [0.25, 0.3) is 5.69 Å². The summed E-state index contributed by atoms with van der Waals surface area (Å²) in [6.07, 6.45) is 0. The van der Waals surface area contributed by atoms with Gasteiger partial charge in [-0.15, -0.1) is 0 Å². The van der Waals surface area contributed by atoms with Crippen LogP contribution in [-0.2, 0) is 6.54 Å². The minimum atomic E-state index is -0.479. The van der Waals surface area contributed by atoms with Crippen molar-refractivity contribution in [1.29, 1.82) is 0 Å². The van der Waals surface area contributed by atoms with Crippen LogP contribution in [0, 0.1) is 10.1 Å². The third-order valence-corrected chi connectivity index (χ3v) is 5.29. The maximum atomic E-state index is 10.8. The number of nitrogens with one attached hydrogen (secondary N) is 2. The number of nitrogens with zero attached hydrogens (tertiary/aromatic N) is 5. The zero-order valence-corrected chi connectivity index (χ0v) is 19.5. The van der Waals surface area contributed by atoms with E-state index < -0.39 is 4.92 Å². The number of ether oxygens (including phenoxy) is 2. The molecule has 0 radical (unpaired) electrons. The SMILES string of the molecule is COc1cc(CNCCNc2ccc([N+](=O)[O-])cc2Cl)ccc1Oc1nnnn1-c1ccccc1. The minimum absolute atomic E-state index is 0.0448. The Bertz CT molecular complexity index is 1300. The Morgan fingerprint density at radius 2 is 1.89 bits per heavy atom. The number of para-hydroxylation sites is 1. The molecule has 12 heteroatoms. The largest absolute Gasteiger partial charge is 0.493 e. The molecule has 0 saturated heterocycles. The lowest BCUT2D eigenvalue weighted by Gasteiger charge is -2.12. The van der Waals surface area contributed by atoms with Gasteiger partial charge in [-0.2, -0.15) is 4.68 Å². The van der Waals surface area contributed by atoms with E-state index in [1.54, 1.807) is 19.2 Å². The van der Waals surface area contributed by atoms with Gasteiger partial charge >= 0.3 is 6.01 Å². The van der Waals surface area contributed by atoms with Crippen molar-refractivity contribution in [3.8, 4) is 23.2 Å². The summed E-state index contributed by atoms with van der Waals surface area (Å²) in [7, 11) is 1.57. The monoisotopic (exact) mass is 495 g/mol. The van der Waals surface area contributed by atoms with Crippen molar-refractivity contribution in [1.82, 2.24) is 25.5 Å². The molecule has 0 unspecified atom stereocenters. The molecule has 11 nitrogen and oxygen atoms in total. The predicted molar refractivity (Wildman–Crippen MR) is 131 cm³/mol. The lowest BCUT2D eigenvalue weighted by atomic mass is 10.2. The number of tetrazole rings is 1. The van der Waals surface area contributed by atoms with E-state index in [0.29, 0.717) is 41.8 Å². The van der Waals surface area contributed by atoms with Crippen molar-refractivity contribution in [2.45, 2.75) is 6.54 Å². The first-order valence-electron chi connectivity index (χ1n) is 10.6. The van der Waals surface area contributed by atoms with Crippen molar-refractivity contribution < 1.29 is 14.4 Å². The van der Waals surface area contributed by atoms with Crippen LogP contribution in [0.1, 0.15) is 5.56 Å². The number of nitro benzene ring substituents is 1. The number of hydrogen-bond acceptors (Lipinski definition) is 9. The second kappa shape index (κ2) is 11.3. The summed E-state index contributed by atoms with van der Waals surface area (Å²) in [6, 6.07) is 19.6. The van der Waals surface area contributed by atoms with Crippen LogP contribution in [0.15, 0.2) is 66.7 Å². The number of anilines is 1. The molecule has 4 rings (SSSR count). The van der Waals surface area contributed by atoms with Crippen LogP contribution in [0.3, 0.4) is 0 Å². The van der Waals surface area contributed by atoms with Crippen molar-refractivity contribution in [2.24, 2.45) is 0 Å². The molecule has 35 heavy (non-hydrogen) atoms. The van der Waals surface area contributed by atoms with E-state index in [0.717, 1.165) is 11.3 Å². The molecule has 2 N–H and O–H groups in total. The van der Waals surface area contributed by atoms with Gasteiger partial charge in [-0.05, 0) is 46.3 Å². The van der Waals surface area contributed by atoms with E-state index in [-0.39, 0.29) is 11.7 Å². The van der Waals surface area contributed by atoms with Crippen molar-refractivity contribution in [3.63, 3.8) is 0 Å². The second-order valence-electron chi connectivity index (χ2n) is 7.32. The smallest absolute Gasteiger partial charge is 0.346 e. The number of rotatable bonds is 11. The Morgan fingerprint density at radius 3 is 2.63 bits per heavy atom. The van der Waals surface area contributed by atoms with Gasteiger partial charge in [-0.1, -0.05) is 41.0 Å². The fraction of sp³-hybridized carbons (Fsp3) is 0.174. The van der Waals surface area contributed by atoms with Gasteiger partial charge in [0.05, 0.1) is 28.4 Å². The lowest BCUT2D eigenvalue weighted by Crippen LogP contribution is -2.21. The molecule has 0 aliphatic carbocycles. The Labute approximate surface area is 205 Å². The van der Waals surface area contributed by atoms with E-state index in [1.807, 2.05) is 42.5 Å². The first-order chi connectivity index (χ1) is 17.0. The van der Waals surface area contributed by atoms with E-state index in [4.69, 9.17) is 21.1 Å². The van der Waals surface area contributed by atoms with Gasteiger partial charge < -0.3 is 20.1 Å². The molecule has 0 saturated carbocycles. The third-order valence-electron chi connectivity index (χ3n) is 4.98. The second-order valence-corrected chi connectivity index (χ2v) is 7.73. The summed E-state index contributed by atoms with van der Waals surface area (Å²) in [4.78, 5) is 10.3. The molecule has 1 heterocycles. The van der Waals surface area contributed by atoms with Gasteiger partial charge in [-0.3, -0.25) is 10.1 Å². The molecular weight excluding hydrogens is 474 g/mol. The van der Waals surface area contributed by atoms with Crippen LogP contribution in [-0.4, -0.2) is 45.3 Å². The highest BCUT2D eigenvalue weighted by Crippen LogP contribution is 2.32. The number of non-ortho nitro benzene ring substituents is 1. The van der Waals surface area contributed by atoms with E-state index in [9.17, 15) is 10.1 Å². The highest BCUT2D eigenvalue weighted by molar-refractivity contribution is 6.33. The Kier molecular flexibility index (Phi) is 7.70. The summed E-state index contributed by atoms with van der Waals surface area (Å²) in [6.45, 7) is 1.81. The van der Waals surface area contributed by atoms with E-state index in [2.05, 4.69) is 26.2 Å². The number of methoxy groups -OCH3 is 1. The predicted octanol–water partition coefficient (Wildman–Crippen LogP) is 4.23. The Hall–Kier alpha value is -4.22. The summed E-state index contributed by atoms with van der Waals surface area (Å²) in [5.41, 5.74) is 2.36. The topological polar surface area (TPSA) is 129 Å². The Balaban J connectivity index is 1.32. The van der Waals surface area contributed by atoms with Crippen LogP contribution in [0.5, 0.6) is 17.5 Å². The quantitative estimate of drug-likeness (QED) is 0.178. The highest BCUT2D eigenvalue weighted by Gasteiger charge is 2.14. The van der Waals surface area contributed by atoms with Gasteiger partial charge in [0, 0.05) is 31.8 Å².